The van der Waals surface area contributed by atoms with Gasteiger partial charge in [0.15, 0.2) is 5.82 Å². The third-order valence-electron chi connectivity index (χ3n) is 6.26. The number of rotatable bonds is 6. The molecule has 5 rings (SSSR count). The monoisotopic (exact) mass is 457 g/mol. The molecule has 1 atom stereocenters. The minimum absolute atomic E-state index is 0.0428. The zero-order valence-electron chi connectivity index (χ0n) is 19.1. The summed E-state index contributed by atoms with van der Waals surface area (Å²) in [6.07, 6.45) is 9.07. The van der Waals surface area contributed by atoms with E-state index in [1.165, 1.54) is 0 Å². The molecule has 9 heteroatoms. The van der Waals surface area contributed by atoms with Crippen molar-refractivity contribution in [2.75, 3.05) is 18.4 Å². The first-order valence-electron chi connectivity index (χ1n) is 11.6. The molecule has 34 heavy (non-hydrogen) atoms. The van der Waals surface area contributed by atoms with Crippen molar-refractivity contribution in [3.05, 3.63) is 66.9 Å². The molecule has 1 N–H and O–H groups in total. The van der Waals surface area contributed by atoms with Crippen LogP contribution in [0.5, 0.6) is 0 Å². The van der Waals surface area contributed by atoms with Crippen LogP contribution in [-0.4, -0.2) is 54.1 Å². The highest BCUT2D eigenvalue weighted by molar-refractivity contribution is 5.95. The van der Waals surface area contributed by atoms with Crippen molar-refractivity contribution in [2.45, 2.75) is 32.7 Å². The predicted octanol–water partition coefficient (Wildman–Crippen LogP) is 3.52. The molecule has 3 aromatic heterocycles. The number of aryl methyl sites for hydroxylation is 1. The Morgan fingerprint density at radius 1 is 1.18 bits per heavy atom. The van der Waals surface area contributed by atoms with Gasteiger partial charge in [-0.1, -0.05) is 0 Å². The van der Waals surface area contributed by atoms with Crippen molar-refractivity contribution in [1.29, 1.82) is 0 Å². The van der Waals surface area contributed by atoms with Crippen LogP contribution >= 0.6 is 0 Å². The number of fused-ring (bicyclic) bond motifs is 1. The zero-order valence-corrected chi connectivity index (χ0v) is 19.1. The van der Waals surface area contributed by atoms with Gasteiger partial charge >= 0.3 is 0 Å². The van der Waals surface area contributed by atoms with Gasteiger partial charge in [0.2, 0.25) is 5.91 Å². The van der Waals surface area contributed by atoms with E-state index in [2.05, 4.69) is 31.9 Å². The summed E-state index contributed by atoms with van der Waals surface area (Å²) < 4.78 is 3.71. The zero-order chi connectivity index (χ0) is 23.5. The number of hydrogen-bond donors (Lipinski definition) is 1. The van der Waals surface area contributed by atoms with E-state index in [1.54, 1.807) is 35.4 Å². The standard InChI is InChI=1S/C25H27N7O2/c1-2-30-17-27-21-14-20(7-8-22(21)30)29-24(33)13-18-5-3-11-31(16-18)25(34)19-6-9-23(26-15-19)32-12-4-10-28-32/h4,6-10,12,14-15,17-18H,2-3,5,11,13,16H2,1H3,(H,29,33). The fraction of sp³-hybridized carbons (Fsp3) is 0.320. The van der Waals surface area contributed by atoms with Crippen LogP contribution < -0.4 is 5.32 Å². The van der Waals surface area contributed by atoms with Crippen LogP contribution in [0.3, 0.4) is 0 Å². The van der Waals surface area contributed by atoms with Gasteiger partial charge < -0.3 is 14.8 Å². The maximum Gasteiger partial charge on any atom is 0.255 e. The van der Waals surface area contributed by atoms with Gasteiger partial charge in [0.25, 0.3) is 5.91 Å². The largest absolute Gasteiger partial charge is 0.338 e. The predicted molar refractivity (Wildman–Crippen MR) is 129 cm³/mol. The molecule has 4 heterocycles. The van der Waals surface area contributed by atoms with Gasteiger partial charge in [-0.15, -0.1) is 0 Å². The van der Waals surface area contributed by atoms with E-state index in [9.17, 15) is 9.59 Å². The van der Waals surface area contributed by atoms with Crippen molar-refractivity contribution in [2.24, 2.45) is 5.92 Å². The number of anilines is 1. The van der Waals surface area contributed by atoms with Crippen molar-refractivity contribution in [3.8, 4) is 5.82 Å². The summed E-state index contributed by atoms with van der Waals surface area (Å²) in [5.41, 5.74) is 3.20. The maximum atomic E-state index is 13.0. The van der Waals surface area contributed by atoms with Gasteiger partial charge in [0, 0.05) is 50.3 Å². The third-order valence-corrected chi connectivity index (χ3v) is 6.26. The van der Waals surface area contributed by atoms with Gasteiger partial charge in [-0.25, -0.2) is 14.6 Å². The smallest absolute Gasteiger partial charge is 0.255 e. The minimum Gasteiger partial charge on any atom is -0.338 e. The van der Waals surface area contributed by atoms with Crippen molar-refractivity contribution in [1.82, 2.24) is 29.2 Å². The number of nitrogens with one attached hydrogen (secondary N) is 1. The number of likely N-dealkylation sites (tertiary alicyclic amines) is 1. The van der Waals surface area contributed by atoms with Crippen LogP contribution in [0.25, 0.3) is 16.9 Å². The maximum absolute atomic E-state index is 13.0. The van der Waals surface area contributed by atoms with Crippen LogP contribution in [0.4, 0.5) is 5.69 Å². The Morgan fingerprint density at radius 2 is 2.09 bits per heavy atom. The third kappa shape index (κ3) is 4.54. The summed E-state index contributed by atoms with van der Waals surface area (Å²) in [5, 5.41) is 7.15. The summed E-state index contributed by atoms with van der Waals surface area (Å²) >= 11 is 0. The summed E-state index contributed by atoms with van der Waals surface area (Å²) in [7, 11) is 0. The molecule has 0 radical (unpaired) electrons. The van der Waals surface area contributed by atoms with E-state index in [4.69, 9.17) is 0 Å². The topological polar surface area (TPSA) is 97.9 Å². The van der Waals surface area contributed by atoms with Gasteiger partial charge in [0.05, 0.1) is 22.9 Å². The molecule has 1 aliphatic heterocycles. The Balaban J connectivity index is 1.18. The van der Waals surface area contributed by atoms with Crippen molar-refractivity contribution < 1.29 is 9.59 Å². The Labute approximate surface area is 197 Å². The highest BCUT2D eigenvalue weighted by atomic mass is 16.2. The normalized spacial score (nSPS) is 16.0. The molecule has 174 valence electrons. The lowest BCUT2D eigenvalue weighted by atomic mass is 9.94. The lowest BCUT2D eigenvalue weighted by molar-refractivity contribution is -0.117. The summed E-state index contributed by atoms with van der Waals surface area (Å²) in [5.74, 6) is 0.687. The first kappa shape index (κ1) is 21.8. The summed E-state index contributed by atoms with van der Waals surface area (Å²) in [6.45, 7) is 4.17. The van der Waals surface area contributed by atoms with Crippen LogP contribution in [0, 0.1) is 5.92 Å². The molecule has 0 bridgehead atoms. The number of imidazole rings is 1. The van der Waals surface area contributed by atoms with Gasteiger partial charge in [0.1, 0.15) is 0 Å². The van der Waals surface area contributed by atoms with Gasteiger partial charge in [-0.05, 0) is 62.1 Å². The molecule has 1 saturated heterocycles. The number of aromatic nitrogens is 5. The number of amides is 2. The summed E-state index contributed by atoms with van der Waals surface area (Å²) in [4.78, 5) is 36.3. The van der Waals surface area contributed by atoms with Crippen LogP contribution in [-0.2, 0) is 11.3 Å². The lowest BCUT2D eigenvalue weighted by Gasteiger charge is -2.32. The number of carbonyl (C=O) groups is 2. The van der Waals surface area contributed by atoms with Crippen LogP contribution in [0.15, 0.2) is 61.3 Å². The lowest BCUT2D eigenvalue weighted by Crippen LogP contribution is -2.41. The van der Waals surface area contributed by atoms with Crippen molar-refractivity contribution >= 4 is 28.5 Å². The average molecular weight is 458 g/mol. The molecule has 4 aromatic rings. The molecule has 1 aliphatic rings. The fourth-order valence-corrected chi connectivity index (χ4v) is 4.52. The number of hydrogen-bond acceptors (Lipinski definition) is 5. The van der Waals surface area contributed by atoms with E-state index >= 15 is 0 Å². The van der Waals surface area contributed by atoms with E-state index < -0.39 is 0 Å². The first-order chi connectivity index (χ1) is 16.6. The van der Waals surface area contributed by atoms with E-state index in [0.29, 0.717) is 30.9 Å². The molecule has 2 amide bonds. The van der Waals surface area contributed by atoms with Crippen LogP contribution in [0.2, 0.25) is 0 Å². The molecule has 1 fully saturated rings. The second-order valence-electron chi connectivity index (χ2n) is 8.60. The second kappa shape index (κ2) is 9.46. The number of carbonyl (C=O) groups excluding carboxylic acids is 2. The number of pyridine rings is 1. The number of benzene rings is 1. The molecule has 9 nitrogen and oxygen atoms in total. The van der Waals surface area contributed by atoms with Crippen LogP contribution in [0.1, 0.15) is 36.5 Å². The quantitative estimate of drug-likeness (QED) is 0.478. The molecule has 1 unspecified atom stereocenters. The number of piperidine rings is 1. The molecule has 0 aliphatic carbocycles. The van der Waals surface area contributed by atoms with E-state index in [-0.39, 0.29) is 17.7 Å². The Hall–Kier alpha value is -4.01. The highest BCUT2D eigenvalue weighted by Gasteiger charge is 2.26. The van der Waals surface area contributed by atoms with Gasteiger partial charge in [-0.3, -0.25) is 9.59 Å². The molecular formula is C25H27N7O2. The Morgan fingerprint density at radius 3 is 2.85 bits per heavy atom. The molecule has 0 spiro atoms. The SMILES string of the molecule is CCn1cnc2cc(NC(=O)CC3CCCN(C(=O)c4ccc(-n5cccn5)nc4)C3)ccc21. The average Bonchev–Trinajstić information content (AvgIpc) is 3.54. The Kier molecular flexibility index (Phi) is 6.07. The summed E-state index contributed by atoms with van der Waals surface area (Å²) in [6, 6.07) is 11.2. The highest BCUT2D eigenvalue weighted by Crippen LogP contribution is 2.23. The van der Waals surface area contributed by atoms with E-state index in [0.717, 1.165) is 36.1 Å². The van der Waals surface area contributed by atoms with Crippen molar-refractivity contribution in [3.63, 3.8) is 0 Å². The number of nitrogens with zero attached hydrogens (tertiary/aromatic N) is 6. The first-order valence-corrected chi connectivity index (χ1v) is 11.6. The molecule has 1 aromatic carbocycles. The van der Waals surface area contributed by atoms with E-state index in [1.807, 2.05) is 35.5 Å². The van der Waals surface area contributed by atoms with Gasteiger partial charge in [-0.2, -0.15) is 5.10 Å². The molecular weight excluding hydrogens is 430 g/mol. The second-order valence-corrected chi connectivity index (χ2v) is 8.60. The Bertz CT molecular complexity index is 1290. The fourth-order valence-electron chi connectivity index (χ4n) is 4.52. The minimum atomic E-state index is -0.0541. The molecule has 0 saturated carbocycles.